The monoisotopic (exact) mass is 294 g/mol. The topological polar surface area (TPSA) is 48.1 Å². The predicted molar refractivity (Wildman–Crippen MR) is 76.0 cm³/mol. The highest BCUT2D eigenvalue weighted by Gasteiger charge is 2.14. The van der Waals surface area contributed by atoms with Crippen LogP contribution in [-0.2, 0) is 0 Å². The van der Waals surface area contributed by atoms with Gasteiger partial charge in [-0.05, 0) is 37.6 Å². The third kappa shape index (κ3) is 2.91. The first kappa shape index (κ1) is 14.3. The predicted octanol–water partition coefficient (Wildman–Crippen LogP) is 3.40. The van der Waals surface area contributed by atoms with Gasteiger partial charge in [0.15, 0.2) is 11.6 Å². The van der Waals surface area contributed by atoms with Crippen molar-refractivity contribution in [1.29, 1.82) is 0 Å². The Morgan fingerprint density at radius 2 is 1.90 bits per heavy atom. The number of thiocarbonyl (C=S) groups is 1. The second-order valence-electron chi connectivity index (χ2n) is 4.30. The van der Waals surface area contributed by atoms with Gasteiger partial charge in [-0.25, -0.2) is 13.8 Å². The number of halogens is 2. The lowest BCUT2D eigenvalue weighted by molar-refractivity contribution is 0.445. The third-order valence-electron chi connectivity index (χ3n) is 2.66. The molecule has 0 fully saturated rings. The number of aromatic nitrogens is 1. The molecule has 0 atom stereocenters. The van der Waals surface area contributed by atoms with Crippen LogP contribution in [0.5, 0.6) is 11.6 Å². The van der Waals surface area contributed by atoms with Crippen molar-refractivity contribution in [3.05, 3.63) is 52.7 Å². The minimum atomic E-state index is -0.997. The second kappa shape index (κ2) is 5.50. The first-order valence-corrected chi connectivity index (χ1v) is 6.20. The fourth-order valence-corrected chi connectivity index (χ4v) is 2.08. The zero-order valence-electron chi connectivity index (χ0n) is 10.9. The van der Waals surface area contributed by atoms with E-state index in [4.69, 9.17) is 22.7 Å². The molecule has 2 N–H and O–H groups in total. The number of nitrogens with zero attached hydrogens (tertiary/aromatic N) is 1. The first-order valence-electron chi connectivity index (χ1n) is 5.79. The van der Waals surface area contributed by atoms with Crippen molar-refractivity contribution in [1.82, 2.24) is 4.98 Å². The molecule has 0 aliphatic heterocycles. The lowest BCUT2D eigenvalue weighted by atomic mass is 10.1. The van der Waals surface area contributed by atoms with E-state index in [-0.39, 0.29) is 16.6 Å². The molecule has 0 saturated carbocycles. The van der Waals surface area contributed by atoms with E-state index in [2.05, 4.69) is 4.98 Å². The van der Waals surface area contributed by atoms with Crippen molar-refractivity contribution in [3.63, 3.8) is 0 Å². The zero-order chi connectivity index (χ0) is 14.9. The van der Waals surface area contributed by atoms with Crippen LogP contribution in [0.3, 0.4) is 0 Å². The Kier molecular flexibility index (Phi) is 3.94. The van der Waals surface area contributed by atoms with E-state index in [1.807, 2.05) is 13.0 Å². The number of ether oxygens (including phenoxy) is 1. The van der Waals surface area contributed by atoms with Crippen molar-refractivity contribution >= 4 is 17.2 Å². The minimum absolute atomic E-state index is 0.124. The molecule has 0 bridgehead atoms. The number of hydrogen-bond donors (Lipinski definition) is 1. The number of pyridine rings is 1. The minimum Gasteiger partial charge on any atom is -0.438 e. The van der Waals surface area contributed by atoms with E-state index in [0.29, 0.717) is 11.3 Å². The maximum atomic E-state index is 13.2. The van der Waals surface area contributed by atoms with Gasteiger partial charge >= 0.3 is 0 Å². The van der Waals surface area contributed by atoms with Crippen LogP contribution in [0.4, 0.5) is 8.78 Å². The highest BCUT2D eigenvalue weighted by Crippen LogP contribution is 2.27. The van der Waals surface area contributed by atoms with Gasteiger partial charge in [0, 0.05) is 11.8 Å². The van der Waals surface area contributed by atoms with Gasteiger partial charge in [0.05, 0.1) is 5.56 Å². The smallest absolute Gasteiger partial charge is 0.229 e. The zero-order valence-corrected chi connectivity index (χ0v) is 11.7. The molecule has 3 nitrogen and oxygen atoms in total. The van der Waals surface area contributed by atoms with E-state index in [1.165, 1.54) is 6.07 Å². The maximum Gasteiger partial charge on any atom is 0.229 e. The van der Waals surface area contributed by atoms with Crippen molar-refractivity contribution in [2.45, 2.75) is 13.8 Å². The largest absolute Gasteiger partial charge is 0.438 e. The van der Waals surface area contributed by atoms with E-state index >= 15 is 0 Å². The normalized spacial score (nSPS) is 10.4. The Morgan fingerprint density at radius 1 is 1.20 bits per heavy atom. The summed E-state index contributed by atoms with van der Waals surface area (Å²) in [5, 5.41) is 0. The standard InChI is InChI=1S/C14H12F2N2OS/c1-7-5-8(2)18-14(12(7)13(17)20)19-9-3-4-10(15)11(16)6-9/h3-6H,1-2H3,(H2,17,20). The number of hydrogen-bond acceptors (Lipinski definition) is 3. The summed E-state index contributed by atoms with van der Waals surface area (Å²) in [5.74, 6) is -1.64. The van der Waals surface area contributed by atoms with Crippen molar-refractivity contribution in [2.24, 2.45) is 5.73 Å². The van der Waals surface area contributed by atoms with Crippen molar-refractivity contribution < 1.29 is 13.5 Å². The second-order valence-corrected chi connectivity index (χ2v) is 4.74. The molecular weight excluding hydrogens is 282 g/mol. The van der Waals surface area contributed by atoms with Gasteiger partial charge in [-0.3, -0.25) is 0 Å². The summed E-state index contributed by atoms with van der Waals surface area (Å²) in [5.41, 5.74) is 7.65. The molecule has 1 aromatic carbocycles. The summed E-state index contributed by atoms with van der Waals surface area (Å²) >= 11 is 4.97. The number of rotatable bonds is 3. The van der Waals surface area contributed by atoms with Crippen LogP contribution in [0.25, 0.3) is 0 Å². The van der Waals surface area contributed by atoms with E-state index in [9.17, 15) is 8.78 Å². The Morgan fingerprint density at radius 3 is 2.50 bits per heavy atom. The van der Waals surface area contributed by atoms with Crippen LogP contribution in [0.15, 0.2) is 24.3 Å². The molecule has 104 valence electrons. The Balaban J connectivity index is 2.47. The molecule has 20 heavy (non-hydrogen) atoms. The maximum absolute atomic E-state index is 13.2. The van der Waals surface area contributed by atoms with E-state index in [1.54, 1.807) is 6.92 Å². The number of benzene rings is 1. The van der Waals surface area contributed by atoms with Crippen LogP contribution in [0.1, 0.15) is 16.8 Å². The van der Waals surface area contributed by atoms with Crippen LogP contribution < -0.4 is 10.5 Å². The third-order valence-corrected chi connectivity index (χ3v) is 2.87. The molecule has 0 radical (unpaired) electrons. The fourth-order valence-electron chi connectivity index (χ4n) is 1.83. The van der Waals surface area contributed by atoms with Crippen LogP contribution in [0.2, 0.25) is 0 Å². The summed E-state index contributed by atoms with van der Waals surface area (Å²) in [7, 11) is 0. The van der Waals surface area contributed by atoms with Crippen LogP contribution in [0, 0.1) is 25.5 Å². The van der Waals surface area contributed by atoms with Gasteiger partial charge in [0.1, 0.15) is 10.7 Å². The van der Waals surface area contributed by atoms with Gasteiger partial charge in [-0.1, -0.05) is 12.2 Å². The number of nitrogens with two attached hydrogens (primary N) is 1. The van der Waals surface area contributed by atoms with Gasteiger partial charge in [-0.15, -0.1) is 0 Å². The fraction of sp³-hybridized carbons (Fsp3) is 0.143. The Hall–Kier alpha value is -2.08. The summed E-state index contributed by atoms with van der Waals surface area (Å²) in [4.78, 5) is 4.33. The molecule has 6 heteroatoms. The Bertz CT molecular complexity index is 689. The molecule has 1 heterocycles. The van der Waals surface area contributed by atoms with E-state index < -0.39 is 11.6 Å². The first-order chi connectivity index (χ1) is 9.38. The SMILES string of the molecule is Cc1cc(C)c(C(N)=S)c(Oc2ccc(F)c(F)c2)n1. The molecule has 2 aromatic rings. The van der Waals surface area contributed by atoms with Gasteiger partial charge < -0.3 is 10.5 Å². The summed E-state index contributed by atoms with van der Waals surface area (Å²) in [6.45, 7) is 3.61. The Labute approximate surface area is 120 Å². The highest BCUT2D eigenvalue weighted by molar-refractivity contribution is 7.80. The lowest BCUT2D eigenvalue weighted by Gasteiger charge is -2.12. The van der Waals surface area contributed by atoms with Crippen molar-refractivity contribution in [2.75, 3.05) is 0 Å². The molecular formula is C14H12F2N2OS. The molecule has 0 saturated heterocycles. The average Bonchev–Trinajstić information content (AvgIpc) is 2.32. The lowest BCUT2D eigenvalue weighted by Crippen LogP contribution is -2.14. The van der Waals surface area contributed by atoms with E-state index in [0.717, 1.165) is 17.7 Å². The summed E-state index contributed by atoms with van der Waals surface area (Å²) in [6.07, 6.45) is 0. The highest BCUT2D eigenvalue weighted by atomic mass is 32.1. The van der Waals surface area contributed by atoms with Gasteiger partial charge in [0.25, 0.3) is 0 Å². The van der Waals surface area contributed by atoms with Crippen LogP contribution in [-0.4, -0.2) is 9.97 Å². The molecule has 0 unspecified atom stereocenters. The molecule has 0 spiro atoms. The molecule has 0 amide bonds. The van der Waals surface area contributed by atoms with Gasteiger partial charge in [0.2, 0.25) is 5.88 Å². The van der Waals surface area contributed by atoms with Crippen LogP contribution >= 0.6 is 12.2 Å². The van der Waals surface area contributed by atoms with Gasteiger partial charge in [-0.2, -0.15) is 0 Å². The quantitative estimate of drug-likeness (QED) is 0.881. The average molecular weight is 294 g/mol. The molecule has 0 aliphatic carbocycles. The molecule has 2 rings (SSSR count). The molecule has 0 aliphatic rings. The summed E-state index contributed by atoms with van der Waals surface area (Å²) < 4.78 is 31.5. The molecule has 1 aromatic heterocycles. The summed E-state index contributed by atoms with van der Waals surface area (Å²) in [6, 6.07) is 5.04. The number of aryl methyl sites for hydroxylation is 2. The van der Waals surface area contributed by atoms with Crippen molar-refractivity contribution in [3.8, 4) is 11.6 Å².